The quantitative estimate of drug-likeness (QED) is 0.577. The molecule has 0 unspecified atom stereocenters. The summed E-state index contributed by atoms with van der Waals surface area (Å²) in [5.74, 6) is -0.503. The van der Waals surface area contributed by atoms with Crippen LogP contribution in [0.5, 0.6) is 0 Å². The second-order valence-corrected chi connectivity index (χ2v) is 7.53. The first-order valence-electron chi connectivity index (χ1n) is 9.84. The van der Waals surface area contributed by atoms with Gasteiger partial charge < -0.3 is 14.5 Å². The Morgan fingerprint density at radius 2 is 1.84 bits per heavy atom. The molecule has 0 spiro atoms. The Hall–Kier alpha value is -3.92. The Bertz CT molecular complexity index is 1120. The molecule has 0 radical (unpaired) electrons. The summed E-state index contributed by atoms with van der Waals surface area (Å²) in [4.78, 5) is 29.1. The molecule has 2 aromatic carbocycles. The maximum atomic E-state index is 12.7. The number of aromatic nitrogens is 1. The zero-order chi connectivity index (χ0) is 22.4. The van der Waals surface area contributed by atoms with Gasteiger partial charge in [0.15, 0.2) is 12.4 Å². The number of rotatable bonds is 7. The second-order valence-electron chi connectivity index (χ2n) is 7.53. The van der Waals surface area contributed by atoms with Crippen molar-refractivity contribution in [3.63, 3.8) is 0 Å². The van der Waals surface area contributed by atoms with Gasteiger partial charge in [-0.3, -0.25) is 4.79 Å². The van der Waals surface area contributed by atoms with Gasteiger partial charge in [0.25, 0.3) is 5.91 Å². The van der Waals surface area contributed by atoms with Gasteiger partial charge in [-0.15, -0.1) is 0 Å². The monoisotopic (exact) mass is 417 g/mol. The van der Waals surface area contributed by atoms with Crippen LogP contribution in [0.25, 0.3) is 22.8 Å². The minimum atomic E-state index is -1.05. The summed E-state index contributed by atoms with van der Waals surface area (Å²) >= 11 is 0. The fraction of sp³-hybridized carbons (Fsp3) is 0.250. The highest BCUT2D eigenvalue weighted by Gasteiger charge is 2.30. The van der Waals surface area contributed by atoms with E-state index in [9.17, 15) is 14.9 Å². The lowest BCUT2D eigenvalue weighted by Gasteiger charge is -2.27. The van der Waals surface area contributed by atoms with Gasteiger partial charge in [-0.05, 0) is 25.0 Å². The number of nitrogens with one attached hydrogen (secondary N) is 1. The topological polar surface area (TPSA) is 105 Å². The first kappa shape index (κ1) is 21.8. The number of benzene rings is 2. The van der Waals surface area contributed by atoms with Crippen LogP contribution in [-0.4, -0.2) is 29.0 Å². The first-order chi connectivity index (χ1) is 14.8. The summed E-state index contributed by atoms with van der Waals surface area (Å²) in [6.45, 7) is 4.77. The van der Waals surface area contributed by atoms with Crippen LogP contribution in [0.1, 0.15) is 31.1 Å². The molecule has 0 aliphatic carbocycles. The third kappa shape index (κ3) is 4.98. The van der Waals surface area contributed by atoms with Crippen LogP contribution < -0.4 is 5.32 Å². The van der Waals surface area contributed by atoms with E-state index in [1.165, 1.54) is 0 Å². The smallest absolute Gasteiger partial charge is 0.339 e. The number of nitriles is 1. The molecule has 1 heterocycles. The molecule has 1 amide bonds. The molecule has 0 saturated heterocycles. The molecule has 1 atom stereocenters. The Balaban J connectivity index is 1.74. The van der Waals surface area contributed by atoms with Gasteiger partial charge in [0.1, 0.15) is 5.54 Å². The van der Waals surface area contributed by atoms with E-state index in [0.29, 0.717) is 11.3 Å². The van der Waals surface area contributed by atoms with Crippen molar-refractivity contribution in [2.24, 2.45) is 5.92 Å². The van der Waals surface area contributed by atoms with E-state index in [1.807, 2.05) is 44.2 Å². The number of oxazole rings is 1. The third-order valence-corrected chi connectivity index (χ3v) is 5.06. The minimum absolute atomic E-state index is 0.110. The molecular weight excluding hydrogens is 394 g/mol. The maximum absolute atomic E-state index is 12.7. The Morgan fingerprint density at radius 1 is 1.16 bits per heavy atom. The number of carbonyl (C=O) groups excluding carboxylic acids is 2. The zero-order valence-corrected chi connectivity index (χ0v) is 17.6. The minimum Gasteiger partial charge on any atom is -0.452 e. The third-order valence-electron chi connectivity index (χ3n) is 5.06. The van der Waals surface area contributed by atoms with E-state index in [-0.39, 0.29) is 17.4 Å². The van der Waals surface area contributed by atoms with E-state index in [2.05, 4.69) is 16.4 Å². The normalized spacial score (nSPS) is 12.6. The SMILES string of the molecule is CC(C)[C@@](C)(C#N)NC(=O)COC(=O)c1ccccc1-c1ncc(-c2ccccc2)o1. The zero-order valence-electron chi connectivity index (χ0n) is 17.6. The summed E-state index contributed by atoms with van der Waals surface area (Å²) < 4.78 is 11.0. The van der Waals surface area contributed by atoms with Crippen molar-refractivity contribution in [2.75, 3.05) is 6.61 Å². The van der Waals surface area contributed by atoms with Gasteiger partial charge in [-0.2, -0.15) is 5.26 Å². The van der Waals surface area contributed by atoms with Gasteiger partial charge in [0.2, 0.25) is 5.89 Å². The van der Waals surface area contributed by atoms with Crippen LogP contribution in [0.3, 0.4) is 0 Å². The standard InChI is InChI=1S/C24H23N3O4/c1-16(2)24(3,15-25)27-21(28)14-30-23(29)19-12-8-7-11-18(19)22-26-13-20(31-22)17-9-5-4-6-10-17/h4-13,16H,14H2,1-3H3,(H,27,28)/t24-/m1/s1. The molecule has 0 fully saturated rings. The predicted octanol–water partition coefficient (Wildman–Crippen LogP) is 4.22. The van der Waals surface area contributed by atoms with Gasteiger partial charge in [0.05, 0.1) is 23.4 Å². The molecule has 0 saturated carbocycles. The fourth-order valence-electron chi connectivity index (χ4n) is 2.82. The summed E-state index contributed by atoms with van der Waals surface area (Å²) in [5, 5.41) is 11.9. The Morgan fingerprint density at radius 3 is 2.52 bits per heavy atom. The molecule has 0 aliphatic rings. The molecule has 158 valence electrons. The Kier molecular flexibility index (Phi) is 6.51. The molecule has 31 heavy (non-hydrogen) atoms. The van der Waals surface area contributed by atoms with Gasteiger partial charge in [0, 0.05) is 5.56 Å². The summed E-state index contributed by atoms with van der Waals surface area (Å²) in [5.41, 5.74) is 0.499. The van der Waals surface area contributed by atoms with E-state index in [4.69, 9.17) is 9.15 Å². The average Bonchev–Trinajstić information content (AvgIpc) is 3.28. The summed E-state index contributed by atoms with van der Waals surface area (Å²) in [6, 6.07) is 18.3. The van der Waals surface area contributed by atoms with Gasteiger partial charge in [-0.1, -0.05) is 56.3 Å². The number of carbonyl (C=O) groups is 2. The molecule has 1 aromatic heterocycles. The second kappa shape index (κ2) is 9.26. The van der Waals surface area contributed by atoms with Crippen LogP contribution in [-0.2, 0) is 9.53 Å². The lowest BCUT2D eigenvalue weighted by molar-refractivity contribution is -0.125. The fourth-order valence-corrected chi connectivity index (χ4v) is 2.82. The molecule has 0 bridgehead atoms. The average molecular weight is 417 g/mol. The molecule has 7 heteroatoms. The maximum Gasteiger partial charge on any atom is 0.339 e. The highest BCUT2D eigenvalue weighted by atomic mass is 16.5. The number of esters is 1. The van der Waals surface area contributed by atoms with Crippen molar-refractivity contribution >= 4 is 11.9 Å². The molecule has 3 rings (SSSR count). The molecule has 0 aliphatic heterocycles. The largest absolute Gasteiger partial charge is 0.452 e. The lowest BCUT2D eigenvalue weighted by Crippen LogP contribution is -2.50. The van der Waals surface area contributed by atoms with Crippen LogP contribution in [0.4, 0.5) is 0 Å². The van der Waals surface area contributed by atoms with E-state index in [1.54, 1.807) is 37.4 Å². The number of hydrogen-bond acceptors (Lipinski definition) is 6. The van der Waals surface area contributed by atoms with Gasteiger partial charge >= 0.3 is 5.97 Å². The molecular formula is C24H23N3O4. The van der Waals surface area contributed by atoms with Crippen molar-refractivity contribution in [2.45, 2.75) is 26.3 Å². The van der Waals surface area contributed by atoms with Crippen LogP contribution in [0.2, 0.25) is 0 Å². The number of nitrogens with zero attached hydrogens (tertiary/aromatic N) is 2. The molecule has 7 nitrogen and oxygen atoms in total. The van der Waals surface area contributed by atoms with E-state index >= 15 is 0 Å². The van der Waals surface area contributed by atoms with Crippen molar-refractivity contribution in [1.29, 1.82) is 5.26 Å². The van der Waals surface area contributed by atoms with Gasteiger partial charge in [-0.25, -0.2) is 9.78 Å². The predicted molar refractivity (Wildman–Crippen MR) is 115 cm³/mol. The Labute approximate surface area is 180 Å². The number of hydrogen-bond donors (Lipinski definition) is 1. The molecule has 1 N–H and O–H groups in total. The lowest BCUT2D eigenvalue weighted by atomic mass is 9.90. The van der Waals surface area contributed by atoms with E-state index < -0.39 is 24.0 Å². The van der Waals surface area contributed by atoms with E-state index in [0.717, 1.165) is 5.56 Å². The highest BCUT2D eigenvalue weighted by Crippen LogP contribution is 2.28. The van der Waals surface area contributed by atoms with Crippen LogP contribution >= 0.6 is 0 Å². The molecule has 3 aromatic rings. The summed E-state index contributed by atoms with van der Waals surface area (Å²) in [6.07, 6.45) is 1.59. The number of amides is 1. The van der Waals surface area contributed by atoms with Crippen molar-refractivity contribution in [3.8, 4) is 28.8 Å². The van der Waals surface area contributed by atoms with Crippen LogP contribution in [0.15, 0.2) is 65.2 Å². The summed E-state index contributed by atoms with van der Waals surface area (Å²) in [7, 11) is 0. The first-order valence-corrected chi connectivity index (χ1v) is 9.84. The highest BCUT2D eigenvalue weighted by molar-refractivity contribution is 5.97. The number of ether oxygens (including phenoxy) is 1. The van der Waals surface area contributed by atoms with Crippen molar-refractivity contribution < 1.29 is 18.7 Å². The van der Waals surface area contributed by atoms with Crippen molar-refractivity contribution in [3.05, 3.63) is 66.4 Å². The van der Waals surface area contributed by atoms with Crippen molar-refractivity contribution in [1.82, 2.24) is 10.3 Å². The van der Waals surface area contributed by atoms with Crippen LogP contribution in [0, 0.1) is 17.2 Å².